The van der Waals surface area contributed by atoms with E-state index in [1.165, 1.54) is 0 Å². The summed E-state index contributed by atoms with van der Waals surface area (Å²) in [4.78, 5) is 25.2. The van der Waals surface area contributed by atoms with Gasteiger partial charge in [-0.2, -0.15) is 0 Å². The lowest BCUT2D eigenvalue weighted by atomic mass is 9.79. The number of amides is 2. The van der Waals surface area contributed by atoms with Crippen LogP contribution >= 0.6 is 0 Å². The molecular formula is C22H23N3O3. The topological polar surface area (TPSA) is 93.4 Å². The first-order valence-electron chi connectivity index (χ1n) is 9.34. The number of fused-ring (bicyclic) bond motifs is 3. The minimum absolute atomic E-state index is 0.112. The molecule has 2 amide bonds. The number of carbonyl (C=O) groups is 2. The monoisotopic (exact) mass is 377 g/mol. The van der Waals surface area contributed by atoms with Crippen molar-refractivity contribution < 1.29 is 14.3 Å². The third kappa shape index (κ3) is 3.11. The van der Waals surface area contributed by atoms with Crippen molar-refractivity contribution in [3.05, 3.63) is 65.7 Å². The standard InChI is InChI=1S/C22H23N3O3/c1-28-19-9-5-2-6-14(19)12-20(26)25-22(21(23)27)11-10-18-16(13-22)15-7-3-4-8-17(15)24-18/h2-9,13,18,24H,10-12H2,1H3,(H2,23,27)(H,25,26). The Morgan fingerprint density at radius 1 is 1.21 bits per heavy atom. The number of carbonyl (C=O) groups excluding carboxylic acids is 2. The summed E-state index contributed by atoms with van der Waals surface area (Å²) in [5.74, 6) is -0.171. The highest BCUT2D eigenvalue weighted by Gasteiger charge is 2.43. The molecular weight excluding hydrogens is 354 g/mol. The van der Waals surface area contributed by atoms with Crippen LogP contribution in [0.4, 0.5) is 5.69 Å². The van der Waals surface area contributed by atoms with Crippen LogP contribution in [0.2, 0.25) is 0 Å². The zero-order valence-electron chi connectivity index (χ0n) is 15.7. The first-order valence-corrected chi connectivity index (χ1v) is 9.34. The number of methoxy groups -OCH3 is 1. The van der Waals surface area contributed by atoms with E-state index in [1.54, 1.807) is 13.2 Å². The van der Waals surface area contributed by atoms with E-state index in [0.29, 0.717) is 18.6 Å². The Bertz CT molecular complexity index is 969. The van der Waals surface area contributed by atoms with Gasteiger partial charge in [-0.1, -0.05) is 36.4 Å². The van der Waals surface area contributed by atoms with Gasteiger partial charge in [-0.15, -0.1) is 0 Å². The third-order valence-electron chi connectivity index (χ3n) is 5.52. The van der Waals surface area contributed by atoms with Gasteiger partial charge in [0, 0.05) is 16.8 Å². The van der Waals surface area contributed by atoms with Crippen LogP contribution in [0.1, 0.15) is 24.0 Å². The Balaban J connectivity index is 1.62. The van der Waals surface area contributed by atoms with Crippen molar-refractivity contribution >= 4 is 23.1 Å². The van der Waals surface area contributed by atoms with E-state index in [4.69, 9.17) is 10.5 Å². The highest BCUT2D eigenvalue weighted by Crippen LogP contribution is 2.42. The summed E-state index contributed by atoms with van der Waals surface area (Å²) in [6.45, 7) is 0. The van der Waals surface area contributed by atoms with Gasteiger partial charge in [0.2, 0.25) is 11.8 Å². The zero-order chi connectivity index (χ0) is 19.7. The maximum atomic E-state index is 12.8. The molecule has 6 nitrogen and oxygen atoms in total. The summed E-state index contributed by atoms with van der Waals surface area (Å²) < 4.78 is 5.31. The lowest BCUT2D eigenvalue weighted by molar-refractivity contribution is -0.130. The molecule has 2 atom stereocenters. The molecule has 0 radical (unpaired) electrons. The van der Waals surface area contributed by atoms with Gasteiger partial charge in [0.1, 0.15) is 11.3 Å². The molecule has 1 aliphatic carbocycles. The molecule has 2 aromatic rings. The number of nitrogens with one attached hydrogen (secondary N) is 2. The summed E-state index contributed by atoms with van der Waals surface area (Å²) in [5.41, 5.74) is 8.44. The number of hydrogen-bond donors (Lipinski definition) is 3. The largest absolute Gasteiger partial charge is 0.496 e. The average molecular weight is 377 g/mol. The Morgan fingerprint density at radius 2 is 1.96 bits per heavy atom. The van der Waals surface area contributed by atoms with Crippen LogP contribution in [0.5, 0.6) is 5.75 Å². The van der Waals surface area contributed by atoms with Crippen molar-refractivity contribution in [1.82, 2.24) is 5.32 Å². The summed E-state index contributed by atoms with van der Waals surface area (Å²) in [7, 11) is 1.57. The summed E-state index contributed by atoms with van der Waals surface area (Å²) >= 11 is 0. The van der Waals surface area contributed by atoms with Gasteiger partial charge in [0.05, 0.1) is 19.6 Å². The normalized spacial score (nSPS) is 22.3. The summed E-state index contributed by atoms with van der Waals surface area (Å²) in [5, 5.41) is 6.37. The average Bonchev–Trinajstić information content (AvgIpc) is 3.06. The van der Waals surface area contributed by atoms with Crippen LogP contribution in [0.15, 0.2) is 54.6 Å². The minimum atomic E-state index is -1.19. The van der Waals surface area contributed by atoms with Crippen LogP contribution in [-0.4, -0.2) is 30.5 Å². The molecule has 4 N–H and O–H groups in total. The quantitative estimate of drug-likeness (QED) is 0.745. The lowest BCUT2D eigenvalue weighted by Crippen LogP contribution is -2.58. The van der Waals surface area contributed by atoms with Crippen molar-refractivity contribution in [3.8, 4) is 5.75 Å². The fourth-order valence-electron chi connectivity index (χ4n) is 4.10. The minimum Gasteiger partial charge on any atom is -0.496 e. The molecule has 0 saturated carbocycles. The van der Waals surface area contributed by atoms with E-state index in [-0.39, 0.29) is 18.4 Å². The molecule has 1 aliphatic heterocycles. The SMILES string of the molecule is COc1ccccc1CC(=O)NC1(C(N)=O)C=C2c3ccccc3NC2CC1. The van der Waals surface area contributed by atoms with E-state index in [1.807, 2.05) is 48.5 Å². The molecule has 4 rings (SSSR count). The van der Waals surface area contributed by atoms with Gasteiger partial charge in [-0.05, 0) is 36.6 Å². The molecule has 28 heavy (non-hydrogen) atoms. The Morgan fingerprint density at radius 3 is 2.75 bits per heavy atom. The van der Waals surface area contributed by atoms with E-state index < -0.39 is 11.4 Å². The smallest absolute Gasteiger partial charge is 0.247 e. The molecule has 2 aromatic carbocycles. The number of rotatable bonds is 5. The van der Waals surface area contributed by atoms with Gasteiger partial charge in [-0.25, -0.2) is 0 Å². The highest BCUT2D eigenvalue weighted by atomic mass is 16.5. The van der Waals surface area contributed by atoms with Crippen molar-refractivity contribution in [2.24, 2.45) is 5.73 Å². The van der Waals surface area contributed by atoms with Crippen molar-refractivity contribution in [2.75, 3.05) is 12.4 Å². The highest BCUT2D eigenvalue weighted by molar-refractivity contribution is 5.98. The van der Waals surface area contributed by atoms with Gasteiger partial charge < -0.3 is 21.1 Å². The van der Waals surface area contributed by atoms with Gasteiger partial charge in [0.25, 0.3) is 0 Å². The Hall–Kier alpha value is -3.28. The number of nitrogens with two attached hydrogens (primary N) is 1. The van der Waals surface area contributed by atoms with Crippen molar-refractivity contribution in [2.45, 2.75) is 30.8 Å². The maximum absolute atomic E-state index is 12.8. The molecule has 0 bridgehead atoms. The van der Waals surface area contributed by atoms with E-state index in [0.717, 1.165) is 22.4 Å². The number of primary amides is 1. The van der Waals surface area contributed by atoms with Gasteiger partial charge >= 0.3 is 0 Å². The van der Waals surface area contributed by atoms with Crippen LogP contribution in [0.3, 0.4) is 0 Å². The molecule has 6 heteroatoms. The van der Waals surface area contributed by atoms with Crippen molar-refractivity contribution in [1.29, 1.82) is 0 Å². The molecule has 0 spiro atoms. The molecule has 2 unspecified atom stereocenters. The molecule has 0 saturated heterocycles. The first-order chi connectivity index (χ1) is 13.5. The van der Waals surface area contributed by atoms with E-state index in [2.05, 4.69) is 10.6 Å². The van der Waals surface area contributed by atoms with E-state index >= 15 is 0 Å². The predicted octanol–water partition coefficient (Wildman–Crippen LogP) is 2.25. The maximum Gasteiger partial charge on any atom is 0.247 e. The van der Waals surface area contributed by atoms with Gasteiger partial charge in [-0.3, -0.25) is 9.59 Å². The molecule has 1 heterocycles. The second-order valence-corrected chi connectivity index (χ2v) is 7.25. The molecule has 144 valence electrons. The Labute approximate surface area is 163 Å². The third-order valence-corrected chi connectivity index (χ3v) is 5.52. The lowest BCUT2D eigenvalue weighted by Gasteiger charge is -2.35. The van der Waals surface area contributed by atoms with Crippen LogP contribution in [0, 0.1) is 0 Å². The second kappa shape index (κ2) is 7.03. The molecule has 0 aromatic heterocycles. The van der Waals surface area contributed by atoms with E-state index in [9.17, 15) is 9.59 Å². The number of para-hydroxylation sites is 2. The van der Waals surface area contributed by atoms with Gasteiger partial charge in [0.15, 0.2) is 0 Å². The Kier molecular flexibility index (Phi) is 4.55. The number of ether oxygens (including phenoxy) is 1. The summed E-state index contributed by atoms with van der Waals surface area (Å²) in [6.07, 6.45) is 3.11. The first kappa shape index (κ1) is 18.1. The molecule has 2 aliphatic rings. The van der Waals surface area contributed by atoms with Crippen LogP contribution < -0.4 is 21.1 Å². The summed E-state index contributed by atoms with van der Waals surface area (Å²) in [6, 6.07) is 15.4. The fourth-order valence-corrected chi connectivity index (χ4v) is 4.10. The van der Waals surface area contributed by atoms with Crippen LogP contribution in [-0.2, 0) is 16.0 Å². The zero-order valence-corrected chi connectivity index (χ0v) is 15.7. The second-order valence-electron chi connectivity index (χ2n) is 7.25. The molecule has 0 fully saturated rings. The number of benzene rings is 2. The predicted molar refractivity (Wildman–Crippen MR) is 108 cm³/mol. The number of hydrogen-bond acceptors (Lipinski definition) is 4. The van der Waals surface area contributed by atoms with Crippen LogP contribution in [0.25, 0.3) is 5.57 Å². The fraction of sp³-hybridized carbons (Fsp3) is 0.273. The van der Waals surface area contributed by atoms with Crippen molar-refractivity contribution in [3.63, 3.8) is 0 Å². The number of anilines is 1.